The molecule has 1 aliphatic rings. The number of rotatable bonds is 1. The molecule has 0 radical (unpaired) electrons. The molecule has 2 rings (SSSR count). The fourth-order valence-electron chi connectivity index (χ4n) is 1.86. The molecule has 0 amide bonds. The zero-order valence-corrected chi connectivity index (χ0v) is 9.01. The molecule has 0 saturated carbocycles. The van der Waals surface area contributed by atoms with E-state index in [-0.39, 0.29) is 0 Å². The molecule has 0 heterocycles. The number of anilines is 1. The minimum absolute atomic E-state index is 0.312. The Morgan fingerprint density at radius 3 is 3.07 bits per heavy atom. The van der Waals surface area contributed by atoms with Gasteiger partial charge in [-0.1, -0.05) is 23.8 Å². The second kappa shape index (κ2) is 3.96. The predicted molar refractivity (Wildman–Crippen MR) is 62.5 cm³/mol. The third-order valence-electron chi connectivity index (χ3n) is 2.65. The van der Waals surface area contributed by atoms with Crippen molar-refractivity contribution in [1.82, 2.24) is 0 Å². The third-order valence-corrected chi connectivity index (χ3v) is 3.09. The minimum atomic E-state index is 0.312. The first-order valence-electron chi connectivity index (χ1n) is 4.87. The molecule has 1 aromatic carbocycles. The molecular weight excluding hydrogens is 208 g/mol. The van der Waals surface area contributed by atoms with E-state index in [0.717, 1.165) is 29.5 Å². The predicted octanol–water partition coefficient (Wildman–Crippen LogP) is 2.95. The Labute approximate surface area is 94.0 Å². The topological polar surface area (TPSA) is 49.8 Å². The van der Waals surface area contributed by atoms with Crippen LogP contribution in [0.4, 0.5) is 5.69 Å². The first-order valence-corrected chi connectivity index (χ1v) is 5.25. The van der Waals surface area contributed by atoms with Crippen molar-refractivity contribution < 1.29 is 0 Å². The Morgan fingerprint density at radius 2 is 2.33 bits per heavy atom. The van der Waals surface area contributed by atoms with Crippen LogP contribution >= 0.6 is 11.6 Å². The first-order chi connectivity index (χ1) is 7.24. The Kier molecular flexibility index (Phi) is 2.66. The SMILES string of the molecule is N#CCc1cc2c(c(Cl)c1N)CCC=C2. The van der Waals surface area contributed by atoms with Crippen molar-refractivity contribution in [2.75, 3.05) is 5.73 Å². The summed E-state index contributed by atoms with van der Waals surface area (Å²) in [7, 11) is 0. The smallest absolute Gasteiger partial charge is 0.0676 e. The van der Waals surface area contributed by atoms with Crippen LogP contribution in [0.1, 0.15) is 23.1 Å². The van der Waals surface area contributed by atoms with E-state index in [1.165, 1.54) is 0 Å². The Bertz CT molecular complexity index is 469. The average Bonchev–Trinajstić information content (AvgIpc) is 2.26. The van der Waals surface area contributed by atoms with Crippen molar-refractivity contribution in [3.63, 3.8) is 0 Å². The fourth-order valence-corrected chi connectivity index (χ4v) is 2.18. The molecular formula is C12H11ClN2. The molecule has 0 aliphatic heterocycles. The molecule has 0 aromatic heterocycles. The van der Waals surface area contributed by atoms with Crippen molar-refractivity contribution >= 4 is 23.4 Å². The van der Waals surface area contributed by atoms with Crippen LogP contribution in [0, 0.1) is 11.3 Å². The van der Waals surface area contributed by atoms with Crippen LogP contribution in [-0.4, -0.2) is 0 Å². The van der Waals surface area contributed by atoms with E-state index in [9.17, 15) is 0 Å². The maximum Gasteiger partial charge on any atom is 0.0676 e. The molecule has 3 heteroatoms. The number of hydrogen-bond donors (Lipinski definition) is 1. The largest absolute Gasteiger partial charge is 0.397 e. The van der Waals surface area contributed by atoms with Crippen LogP contribution in [0.2, 0.25) is 5.02 Å². The number of allylic oxidation sites excluding steroid dienone is 1. The van der Waals surface area contributed by atoms with Gasteiger partial charge in [0, 0.05) is 0 Å². The van der Waals surface area contributed by atoms with Crippen LogP contribution in [0.15, 0.2) is 12.1 Å². The van der Waals surface area contributed by atoms with Gasteiger partial charge in [-0.15, -0.1) is 0 Å². The number of benzene rings is 1. The van der Waals surface area contributed by atoms with Gasteiger partial charge in [-0.3, -0.25) is 0 Å². The molecule has 76 valence electrons. The van der Waals surface area contributed by atoms with Crippen LogP contribution in [-0.2, 0) is 12.8 Å². The van der Waals surface area contributed by atoms with Gasteiger partial charge in [-0.25, -0.2) is 0 Å². The second-order valence-corrected chi connectivity index (χ2v) is 3.99. The lowest BCUT2D eigenvalue weighted by atomic mass is 9.93. The Morgan fingerprint density at radius 1 is 1.53 bits per heavy atom. The van der Waals surface area contributed by atoms with Gasteiger partial charge < -0.3 is 5.73 Å². The monoisotopic (exact) mass is 218 g/mol. The first kappa shape index (κ1) is 10.1. The number of nitrogens with zero attached hydrogens (tertiary/aromatic N) is 1. The number of fused-ring (bicyclic) bond motifs is 1. The van der Waals surface area contributed by atoms with Gasteiger partial charge in [0.1, 0.15) is 0 Å². The summed E-state index contributed by atoms with van der Waals surface area (Å²) < 4.78 is 0. The molecule has 1 aromatic rings. The van der Waals surface area contributed by atoms with E-state index in [2.05, 4.69) is 12.1 Å². The van der Waals surface area contributed by atoms with Gasteiger partial charge in [0.2, 0.25) is 0 Å². The maximum atomic E-state index is 8.67. The van der Waals surface area contributed by atoms with E-state index in [1.54, 1.807) is 0 Å². The lowest BCUT2D eigenvalue weighted by molar-refractivity contribution is 0.983. The van der Waals surface area contributed by atoms with Gasteiger partial charge in [-0.05, 0) is 35.6 Å². The van der Waals surface area contributed by atoms with E-state index >= 15 is 0 Å². The van der Waals surface area contributed by atoms with Gasteiger partial charge >= 0.3 is 0 Å². The standard InChI is InChI=1S/C12H11ClN2/c13-11-10-4-2-1-3-8(10)7-9(5-6-14)12(11)15/h1,3,7H,2,4-5,15H2. The van der Waals surface area contributed by atoms with Crippen molar-refractivity contribution in [2.24, 2.45) is 0 Å². The van der Waals surface area contributed by atoms with Crippen molar-refractivity contribution in [3.8, 4) is 6.07 Å². The highest BCUT2D eigenvalue weighted by Gasteiger charge is 2.14. The molecule has 15 heavy (non-hydrogen) atoms. The van der Waals surface area contributed by atoms with Crippen molar-refractivity contribution in [3.05, 3.63) is 33.9 Å². The number of nitrogens with two attached hydrogens (primary N) is 1. The molecule has 1 aliphatic carbocycles. The quantitative estimate of drug-likeness (QED) is 0.737. The van der Waals surface area contributed by atoms with Crippen LogP contribution in [0.3, 0.4) is 0 Å². The zero-order chi connectivity index (χ0) is 10.8. The lowest BCUT2D eigenvalue weighted by Gasteiger charge is -2.16. The zero-order valence-electron chi connectivity index (χ0n) is 8.26. The average molecular weight is 219 g/mol. The molecule has 0 spiro atoms. The second-order valence-electron chi connectivity index (χ2n) is 3.61. The van der Waals surface area contributed by atoms with Gasteiger partial charge in [0.15, 0.2) is 0 Å². The number of hydrogen-bond acceptors (Lipinski definition) is 2. The summed E-state index contributed by atoms with van der Waals surface area (Å²) in [5.41, 5.74) is 9.49. The molecule has 0 unspecified atom stereocenters. The molecule has 0 saturated heterocycles. The van der Waals surface area contributed by atoms with Crippen molar-refractivity contribution in [2.45, 2.75) is 19.3 Å². The van der Waals surface area contributed by atoms with Crippen LogP contribution in [0.5, 0.6) is 0 Å². The summed E-state index contributed by atoms with van der Waals surface area (Å²) >= 11 is 6.18. The van der Waals surface area contributed by atoms with E-state index in [4.69, 9.17) is 22.6 Å². The number of halogens is 1. The highest BCUT2D eigenvalue weighted by molar-refractivity contribution is 6.34. The van der Waals surface area contributed by atoms with Gasteiger partial charge in [-0.2, -0.15) is 5.26 Å². The summed E-state index contributed by atoms with van der Waals surface area (Å²) in [4.78, 5) is 0. The fraction of sp³-hybridized carbons (Fsp3) is 0.250. The Hall–Kier alpha value is -1.46. The van der Waals surface area contributed by atoms with Crippen LogP contribution in [0.25, 0.3) is 6.08 Å². The summed E-state index contributed by atoms with van der Waals surface area (Å²) in [6, 6.07) is 4.06. The lowest BCUT2D eigenvalue weighted by Crippen LogP contribution is -2.03. The molecule has 0 bridgehead atoms. The maximum absolute atomic E-state index is 8.67. The summed E-state index contributed by atoms with van der Waals surface area (Å²) in [5, 5.41) is 9.30. The number of nitriles is 1. The molecule has 2 N–H and O–H groups in total. The number of nitrogen functional groups attached to an aromatic ring is 1. The van der Waals surface area contributed by atoms with Crippen LogP contribution < -0.4 is 5.73 Å². The van der Waals surface area contributed by atoms with Gasteiger partial charge in [0.05, 0.1) is 23.2 Å². The third kappa shape index (κ3) is 1.71. The molecule has 0 atom stereocenters. The Balaban J connectivity index is 2.60. The normalized spacial score (nSPS) is 13.3. The molecule has 0 fully saturated rings. The summed E-state index contributed by atoms with van der Waals surface area (Å²) in [6.07, 6.45) is 6.41. The summed E-state index contributed by atoms with van der Waals surface area (Å²) in [5.74, 6) is 0. The summed E-state index contributed by atoms with van der Waals surface area (Å²) in [6.45, 7) is 0. The van der Waals surface area contributed by atoms with Crippen molar-refractivity contribution in [1.29, 1.82) is 5.26 Å². The van der Waals surface area contributed by atoms with E-state index in [0.29, 0.717) is 17.1 Å². The highest BCUT2D eigenvalue weighted by Crippen LogP contribution is 2.34. The molecule has 2 nitrogen and oxygen atoms in total. The van der Waals surface area contributed by atoms with Gasteiger partial charge in [0.25, 0.3) is 0 Å². The highest BCUT2D eigenvalue weighted by atomic mass is 35.5. The minimum Gasteiger partial charge on any atom is -0.397 e. The van der Waals surface area contributed by atoms with E-state index < -0.39 is 0 Å². The van der Waals surface area contributed by atoms with E-state index in [1.807, 2.05) is 12.1 Å².